The summed E-state index contributed by atoms with van der Waals surface area (Å²) < 4.78 is 43.8. The second-order valence-corrected chi connectivity index (χ2v) is 13.3. The van der Waals surface area contributed by atoms with Crippen molar-refractivity contribution in [2.45, 2.75) is 6.18 Å². The summed E-state index contributed by atoms with van der Waals surface area (Å²) in [5.41, 5.74) is -1.15. The summed E-state index contributed by atoms with van der Waals surface area (Å²) in [6.07, 6.45) is -4.65. The van der Waals surface area contributed by atoms with Crippen molar-refractivity contribution in [3.05, 3.63) is 65.2 Å². The van der Waals surface area contributed by atoms with E-state index in [1.54, 1.807) is 6.07 Å². The van der Waals surface area contributed by atoms with Gasteiger partial charge in [-0.15, -0.1) is 0 Å². The van der Waals surface area contributed by atoms with Crippen molar-refractivity contribution in [1.29, 1.82) is 0 Å². The Morgan fingerprint density at radius 3 is 1.95 bits per heavy atom. The molecule has 0 bridgehead atoms. The predicted octanol–water partition coefficient (Wildman–Crippen LogP) is 5.02. The molecule has 0 aromatic heterocycles. The molecule has 0 amide bonds. The van der Waals surface area contributed by atoms with Gasteiger partial charge in [-0.3, -0.25) is 0 Å². The Morgan fingerprint density at radius 1 is 0.909 bits per heavy atom. The Labute approximate surface area is 141 Å². The second kappa shape index (κ2) is 6.81. The van der Waals surface area contributed by atoms with Crippen molar-refractivity contribution in [3.8, 4) is 0 Å². The van der Waals surface area contributed by atoms with E-state index >= 15 is 0 Å². The van der Waals surface area contributed by atoms with Crippen molar-refractivity contribution in [1.82, 2.24) is 0 Å². The van der Waals surface area contributed by atoms with E-state index in [-0.39, 0.29) is 5.56 Å². The third kappa shape index (κ3) is 4.40. The van der Waals surface area contributed by atoms with Crippen LogP contribution in [0.4, 0.5) is 13.2 Å². The van der Waals surface area contributed by atoms with Gasteiger partial charge in [0.15, 0.2) is 0 Å². The van der Waals surface area contributed by atoms with Crippen LogP contribution in [0.25, 0.3) is 0 Å². The molecular formula is C14H9Cl3F3NSe. The SMILES string of the molecule is FC(F)(F)/C(=N/[Se](Cl)(Cl)c1ccc(Cl)cc1)c1ccccc1. The van der Waals surface area contributed by atoms with Crippen LogP contribution in [0.5, 0.6) is 0 Å². The molecule has 0 unspecified atom stereocenters. The van der Waals surface area contributed by atoms with Gasteiger partial charge in [0.1, 0.15) is 0 Å². The maximum atomic E-state index is 13.3. The minimum absolute atomic E-state index is 0.0770. The zero-order valence-electron chi connectivity index (χ0n) is 10.8. The molecule has 22 heavy (non-hydrogen) atoms. The van der Waals surface area contributed by atoms with Crippen molar-refractivity contribution < 1.29 is 13.2 Å². The molecule has 0 aliphatic heterocycles. The molecule has 0 aliphatic rings. The number of alkyl halides is 3. The summed E-state index contributed by atoms with van der Waals surface area (Å²) in [7, 11) is 12.3. The zero-order chi connectivity index (χ0) is 16.4. The van der Waals surface area contributed by atoms with Crippen LogP contribution in [0.2, 0.25) is 5.02 Å². The Bertz CT molecular complexity index is 670. The second-order valence-electron chi connectivity index (χ2n) is 4.20. The first-order chi connectivity index (χ1) is 10.2. The quantitative estimate of drug-likeness (QED) is 0.476. The molecule has 1 nitrogen and oxygen atoms in total. The molecule has 8 heteroatoms. The molecule has 0 saturated heterocycles. The molecular weight excluding hydrogens is 424 g/mol. The van der Waals surface area contributed by atoms with Crippen LogP contribution in [-0.2, 0) is 0 Å². The van der Waals surface area contributed by atoms with E-state index in [0.29, 0.717) is 9.48 Å². The van der Waals surface area contributed by atoms with Gasteiger partial charge in [0.2, 0.25) is 0 Å². The number of rotatable bonds is 3. The Kier molecular flexibility index (Phi) is 5.46. The minimum atomic E-state index is -4.65. The Hall–Kier alpha value is -0.711. The van der Waals surface area contributed by atoms with Crippen molar-refractivity contribution in [2.75, 3.05) is 0 Å². The van der Waals surface area contributed by atoms with Crippen molar-refractivity contribution >= 4 is 53.2 Å². The summed E-state index contributed by atoms with van der Waals surface area (Å²) >= 11 is 1.84. The van der Waals surface area contributed by atoms with E-state index in [0.717, 1.165) is 0 Å². The number of halogens is 6. The van der Waals surface area contributed by atoms with Crippen LogP contribution in [-0.4, -0.2) is 23.1 Å². The standard InChI is InChI=1S/C14H9Cl3F3NSe/c15-11-6-8-12(9-7-11)22(16,17)21-13(14(18,19)20)10-4-2-1-3-5-10/h1-9H/b21-13+. The first-order valence-electron chi connectivity index (χ1n) is 5.91. The summed E-state index contributed by atoms with van der Waals surface area (Å²) in [4.78, 5) is 0. The third-order valence-electron chi connectivity index (χ3n) is 2.62. The first kappa shape index (κ1) is 17.6. The van der Waals surface area contributed by atoms with E-state index in [1.807, 2.05) is 0 Å². The molecule has 118 valence electrons. The number of hydrogen-bond acceptors (Lipinski definition) is 1. The van der Waals surface area contributed by atoms with Crippen LogP contribution in [0.15, 0.2) is 58.6 Å². The van der Waals surface area contributed by atoms with Gasteiger partial charge < -0.3 is 0 Å². The van der Waals surface area contributed by atoms with E-state index in [2.05, 4.69) is 4.01 Å². The maximum absolute atomic E-state index is 13.3. The molecule has 2 aromatic carbocycles. The molecule has 0 spiro atoms. The molecule has 0 N–H and O–H groups in total. The molecule has 2 aromatic rings. The number of benzene rings is 2. The Morgan fingerprint density at radius 2 is 1.45 bits per heavy atom. The van der Waals surface area contributed by atoms with Crippen molar-refractivity contribution in [3.63, 3.8) is 0 Å². The number of nitrogens with zero attached hydrogens (tertiary/aromatic N) is 1. The van der Waals surface area contributed by atoms with Crippen LogP contribution in [0.3, 0.4) is 0 Å². The Balaban J connectivity index is 2.51. The fraction of sp³-hybridized carbons (Fsp3) is 0.0714. The van der Waals surface area contributed by atoms with Gasteiger partial charge in [0, 0.05) is 0 Å². The molecule has 0 aliphatic carbocycles. The predicted molar refractivity (Wildman–Crippen MR) is 87.6 cm³/mol. The van der Waals surface area contributed by atoms with Crippen LogP contribution >= 0.6 is 31.8 Å². The molecule has 0 saturated carbocycles. The van der Waals surface area contributed by atoms with E-state index < -0.39 is 23.1 Å². The van der Waals surface area contributed by atoms with Gasteiger partial charge >= 0.3 is 142 Å². The van der Waals surface area contributed by atoms with Crippen molar-refractivity contribution in [2.24, 2.45) is 4.01 Å². The average Bonchev–Trinajstić information content (AvgIpc) is 2.45. The molecule has 0 radical (unpaired) electrons. The zero-order valence-corrected chi connectivity index (χ0v) is 14.8. The average molecular weight is 434 g/mol. The number of hydrogen-bond donors (Lipinski definition) is 0. The first-order valence-corrected chi connectivity index (χ1v) is 12.4. The normalized spacial score (nSPS) is 14.0. The molecule has 0 heterocycles. The summed E-state index contributed by atoms with van der Waals surface area (Å²) in [6, 6.07) is 13.2. The van der Waals surface area contributed by atoms with Gasteiger partial charge in [-0.25, -0.2) is 0 Å². The van der Waals surface area contributed by atoms with E-state index in [1.165, 1.54) is 48.5 Å². The fourth-order valence-electron chi connectivity index (χ4n) is 1.63. The van der Waals surface area contributed by atoms with E-state index in [4.69, 9.17) is 31.8 Å². The molecule has 0 fully saturated rings. The van der Waals surface area contributed by atoms with Crippen LogP contribution in [0, 0.1) is 0 Å². The van der Waals surface area contributed by atoms with Crippen LogP contribution < -0.4 is 4.46 Å². The van der Waals surface area contributed by atoms with Gasteiger partial charge in [-0.2, -0.15) is 0 Å². The molecule has 2 rings (SSSR count). The van der Waals surface area contributed by atoms with E-state index in [9.17, 15) is 13.2 Å². The monoisotopic (exact) mass is 433 g/mol. The van der Waals surface area contributed by atoms with Gasteiger partial charge in [-0.05, 0) is 0 Å². The summed E-state index contributed by atoms with van der Waals surface area (Å²) in [5, 5.41) is 0.438. The van der Waals surface area contributed by atoms with Gasteiger partial charge in [0.25, 0.3) is 0 Å². The third-order valence-corrected chi connectivity index (χ3v) is 8.06. The van der Waals surface area contributed by atoms with Gasteiger partial charge in [-0.1, -0.05) is 0 Å². The fourth-order valence-corrected chi connectivity index (χ4v) is 5.66. The van der Waals surface area contributed by atoms with Gasteiger partial charge in [0.05, 0.1) is 0 Å². The summed E-state index contributed by atoms with van der Waals surface area (Å²) in [6.45, 7) is 0. The summed E-state index contributed by atoms with van der Waals surface area (Å²) in [5.74, 6) is 0. The topological polar surface area (TPSA) is 12.4 Å². The van der Waals surface area contributed by atoms with Crippen LogP contribution in [0.1, 0.15) is 5.56 Å². The molecule has 0 atom stereocenters.